The second kappa shape index (κ2) is 8.94. The predicted octanol–water partition coefficient (Wildman–Crippen LogP) is 3.49. The van der Waals surface area contributed by atoms with Gasteiger partial charge in [-0.3, -0.25) is 4.79 Å². The molecule has 3 aromatic carbocycles. The van der Waals surface area contributed by atoms with E-state index in [-0.39, 0.29) is 16.0 Å². The Morgan fingerprint density at radius 2 is 1.62 bits per heavy atom. The molecular weight excluding hydrogens is 430 g/mol. The number of anilines is 1. The van der Waals surface area contributed by atoms with Gasteiger partial charge in [0.2, 0.25) is 5.55 Å². The van der Waals surface area contributed by atoms with E-state index in [1.807, 2.05) is 6.07 Å². The summed E-state index contributed by atoms with van der Waals surface area (Å²) < 4.78 is 36.3. The van der Waals surface area contributed by atoms with Crippen LogP contribution in [0.15, 0.2) is 99.3 Å². The number of hydrogen-bond acceptors (Lipinski definition) is 6. The smallest absolute Gasteiger partial charge is 0.276 e. The summed E-state index contributed by atoms with van der Waals surface area (Å²) in [5.74, 6) is -0.0952. The van der Waals surface area contributed by atoms with E-state index in [4.69, 9.17) is 9.15 Å². The van der Waals surface area contributed by atoms with Gasteiger partial charge in [0.25, 0.3) is 15.9 Å². The highest BCUT2D eigenvalue weighted by atomic mass is 32.2. The normalized spacial score (nSPS) is 11.8. The van der Waals surface area contributed by atoms with Crippen LogP contribution in [-0.2, 0) is 10.0 Å². The molecule has 4 rings (SSSR count). The Hall–Kier alpha value is -4.11. The summed E-state index contributed by atoms with van der Waals surface area (Å²) in [6.07, 6.45) is 0. The lowest BCUT2D eigenvalue weighted by molar-refractivity contribution is 0.102. The number of ether oxygens (including phenoxy) is 1. The molecule has 8 nitrogen and oxygen atoms in total. The van der Waals surface area contributed by atoms with Gasteiger partial charge in [-0.2, -0.15) is 13.2 Å². The number of fused-ring (bicyclic) bond motifs is 1. The predicted molar refractivity (Wildman–Crippen MR) is 119 cm³/mol. The first-order valence-corrected chi connectivity index (χ1v) is 11.0. The third-order valence-electron chi connectivity index (χ3n) is 4.56. The van der Waals surface area contributed by atoms with Crippen LogP contribution in [0.2, 0.25) is 0 Å². The fourth-order valence-electron chi connectivity index (χ4n) is 3.00. The minimum Gasteiger partial charge on any atom is -0.493 e. The van der Waals surface area contributed by atoms with Gasteiger partial charge >= 0.3 is 0 Å². The standard InChI is InChI=1S/C23H19N3O5S/c1-30-20-14-8-9-16-15-19(22(27)24-17-10-4-2-5-11-17)23(31-21(16)20)25-26-32(28,29)18-12-6-3-7-13-18/h2-15,26H,1H3,(H,24,27)/b25-23+. The van der Waals surface area contributed by atoms with Crippen LogP contribution in [0.3, 0.4) is 0 Å². The number of carbonyl (C=O) groups is 1. The topological polar surface area (TPSA) is 110 Å². The average molecular weight is 449 g/mol. The summed E-state index contributed by atoms with van der Waals surface area (Å²) in [7, 11) is -2.49. The van der Waals surface area contributed by atoms with E-state index in [1.54, 1.807) is 66.7 Å². The highest BCUT2D eigenvalue weighted by molar-refractivity contribution is 7.89. The number of para-hydroxylation sites is 2. The third-order valence-corrected chi connectivity index (χ3v) is 5.78. The Morgan fingerprint density at radius 1 is 0.938 bits per heavy atom. The molecule has 0 atom stereocenters. The van der Waals surface area contributed by atoms with Crippen LogP contribution in [0.4, 0.5) is 5.69 Å². The lowest BCUT2D eigenvalue weighted by Crippen LogP contribution is -2.27. The van der Waals surface area contributed by atoms with E-state index in [0.717, 1.165) is 0 Å². The molecule has 0 aliphatic rings. The van der Waals surface area contributed by atoms with Gasteiger partial charge in [0, 0.05) is 11.1 Å². The SMILES string of the molecule is COc1cccc2cc(C(=O)Nc3ccccc3)/c(=N\NS(=O)(=O)c3ccccc3)oc12. The fraction of sp³-hybridized carbons (Fsp3) is 0.0435. The van der Waals surface area contributed by atoms with Crippen LogP contribution >= 0.6 is 0 Å². The number of carbonyl (C=O) groups excluding carboxylic acids is 1. The van der Waals surface area contributed by atoms with E-state index in [2.05, 4.69) is 15.2 Å². The molecule has 32 heavy (non-hydrogen) atoms. The van der Waals surface area contributed by atoms with Gasteiger partial charge in [0.15, 0.2) is 11.3 Å². The monoisotopic (exact) mass is 449 g/mol. The molecule has 0 bridgehead atoms. The molecule has 0 saturated carbocycles. The Balaban J connectivity index is 1.82. The maximum absolute atomic E-state index is 13.0. The molecule has 0 fully saturated rings. The van der Waals surface area contributed by atoms with Crippen molar-refractivity contribution < 1.29 is 22.4 Å². The summed E-state index contributed by atoms with van der Waals surface area (Å²) in [5.41, 5.74) is 0.725. The zero-order chi connectivity index (χ0) is 22.6. The number of sulfonamides is 1. The van der Waals surface area contributed by atoms with Crippen LogP contribution in [0.1, 0.15) is 10.4 Å². The molecular formula is C23H19N3O5S. The van der Waals surface area contributed by atoms with Crippen molar-refractivity contribution in [2.75, 3.05) is 12.4 Å². The van der Waals surface area contributed by atoms with E-state index in [0.29, 0.717) is 22.4 Å². The quantitative estimate of drug-likeness (QED) is 0.438. The molecule has 1 amide bonds. The van der Waals surface area contributed by atoms with Crippen molar-refractivity contribution in [2.24, 2.45) is 5.10 Å². The van der Waals surface area contributed by atoms with Crippen LogP contribution in [0.5, 0.6) is 5.75 Å². The molecule has 0 aliphatic carbocycles. The molecule has 0 saturated heterocycles. The zero-order valence-corrected chi connectivity index (χ0v) is 17.8. The molecule has 0 aliphatic heterocycles. The molecule has 2 N–H and O–H groups in total. The van der Waals surface area contributed by atoms with Gasteiger partial charge in [-0.15, -0.1) is 5.10 Å². The Kier molecular flexibility index (Phi) is 5.91. The third kappa shape index (κ3) is 4.47. The number of rotatable bonds is 6. The molecule has 0 spiro atoms. The van der Waals surface area contributed by atoms with Crippen molar-refractivity contribution in [3.63, 3.8) is 0 Å². The summed E-state index contributed by atoms with van der Waals surface area (Å²) >= 11 is 0. The van der Waals surface area contributed by atoms with Crippen LogP contribution in [-0.4, -0.2) is 21.4 Å². The van der Waals surface area contributed by atoms with Crippen LogP contribution < -0.4 is 20.4 Å². The Morgan fingerprint density at radius 3 is 2.31 bits per heavy atom. The molecule has 0 radical (unpaired) electrons. The lowest BCUT2D eigenvalue weighted by Gasteiger charge is -2.09. The highest BCUT2D eigenvalue weighted by Gasteiger charge is 2.17. The zero-order valence-electron chi connectivity index (χ0n) is 17.0. The maximum Gasteiger partial charge on any atom is 0.276 e. The van der Waals surface area contributed by atoms with Crippen molar-refractivity contribution in [2.45, 2.75) is 4.90 Å². The molecule has 162 valence electrons. The van der Waals surface area contributed by atoms with Gasteiger partial charge in [0.05, 0.1) is 12.0 Å². The van der Waals surface area contributed by atoms with E-state index in [9.17, 15) is 13.2 Å². The van der Waals surface area contributed by atoms with Gasteiger partial charge in [-0.1, -0.05) is 48.5 Å². The fourth-order valence-corrected chi connectivity index (χ4v) is 3.83. The Labute approximate surface area is 184 Å². The van der Waals surface area contributed by atoms with E-state index in [1.165, 1.54) is 19.2 Å². The molecule has 1 aromatic heterocycles. The number of amides is 1. The van der Waals surface area contributed by atoms with Gasteiger partial charge in [-0.05, 0) is 36.4 Å². The first-order chi connectivity index (χ1) is 15.5. The number of benzene rings is 3. The van der Waals surface area contributed by atoms with E-state index >= 15 is 0 Å². The summed E-state index contributed by atoms with van der Waals surface area (Å²) in [5, 5.41) is 7.27. The van der Waals surface area contributed by atoms with Gasteiger partial charge in [-0.25, -0.2) is 0 Å². The first-order valence-electron chi connectivity index (χ1n) is 9.56. The average Bonchev–Trinajstić information content (AvgIpc) is 2.83. The first kappa shape index (κ1) is 21.1. The van der Waals surface area contributed by atoms with Crippen molar-refractivity contribution in [3.8, 4) is 5.75 Å². The van der Waals surface area contributed by atoms with Crippen molar-refractivity contribution in [1.82, 2.24) is 4.83 Å². The number of nitrogens with one attached hydrogen (secondary N) is 2. The van der Waals surface area contributed by atoms with Gasteiger partial charge < -0.3 is 14.5 Å². The second-order valence-corrected chi connectivity index (χ2v) is 8.34. The molecule has 4 aromatic rings. The van der Waals surface area contributed by atoms with E-state index < -0.39 is 15.9 Å². The second-order valence-electron chi connectivity index (χ2n) is 6.68. The van der Waals surface area contributed by atoms with Gasteiger partial charge in [0.1, 0.15) is 5.56 Å². The molecule has 0 unspecified atom stereocenters. The molecule has 1 heterocycles. The Bertz CT molecular complexity index is 1430. The largest absolute Gasteiger partial charge is 0.493 e. The highest BCUT2D eigenvalue weighted by Crippen LogP contribution is 2.24. The minimum atomic E-state index is -3.97. The van der Waals surface area contributed by atoms with Crippen molar-refractivity contribution in [1.29, 1.82) is 0 Å². The summed E-state index contributed by atoms with van der Waals surface area (Å²) in [4.78, 5) is 15.1. The van der Waals surface area contributed by atoms with Crippen molar-refractivity contribution >= 4 is 32.6 Å². The minimum absolute atomic E-state index is 0.0254. The van der Waals surface area contributed by atoms with Crippen LogP contribution in [0.25, 0.3) is 11.0 Å². The maximum atomic E-state index is 13.0. The summed E-state index contributed by atoms with van der Waals surface area (Å²) in [6, 6.07) is 23.4. The van der Waals surface area contributed by atoms with Crippen LogP contribution in [0, 0.1) is 0 Å². The number of methoxy groups -OCH3 is 1. The lowest BCUT2D eigenvalue weighted by atomic mass is 10.1. The molecule has 9 heteroatoms. The summed E-state index contributed by atoms with van der Waals surface area (Å²) in [6.45, 7) is 0. The number of nitrogens with zero attached hydrogens (tertiary/aromatic N) is 1. The van der Waals surface area contributed by atoms with Crippen molar-refractivity contribution in [3.05, 3.63) is 96.0 Å². The number of hydrogen-bond donors (Lipinski definition) is 2.